The zero-order chi connectivity index (χ0) is 14.7. The van der Waals surface area contributed by atoms with Crippen LogP contribution in [0.2, 0.25) is 0 Å². The molecule has 3 atom stereocenters. The molecule has 21 heavy (non-hydrogen) atoms. The average molecular weight is 290 g/mol. The number of nitrogens with zero attached hydrogens (tertiary/aromatic N) is 1. The van der Waals surface area contributed by atoms with E-state index in [9.17, 15) is 4.79 Å². The SMILES string of the molecule is CNC1CCCN(C(=O)C23CC4CC(CC(C)(C4)C2)C3)C1. The van der Waals surface area contributed by atoms with Gasteiger partial charge in [0, 0.05) is 19.1 Å². The Labute approximate surface area is 128 Å². The van der Waals surface area contributed by atoms with Crippen LogP contribution in [0.4, 0.5) is 0 Å². The van der Waals surface area contributed by atoms with Gasteiger partial charge in [0.1, 0.15) is 0 Å². The van der Waals surface area contributed by atoms with Crippen LogP contribution in [-0.4, -0.2) is 37.0 Å². The first-order valence-electron chi connectivity index (χ1n) is 8.99. The van der Waals surface area contributed by atoms with Gasteiger partial charge < -0.3 is 10.2 Å². The van der Waals surface area contributed by atoms with Crippen molar-refractivity contribution in [2.45, 2.75) is 64.3 Å². The number of likely N-dealkylation sites (tertiary alicyclic amines) is 1. The Hall–Kier alpha value is -0.570. The maximum absolute atomic E-state index is 13.4. The van der Waals surface area contributed by atoms with E-state index < -0.39 is 0 Å². The van der Waals surface area contributed by atoms with Crippen LogP contribution < -0.4 is 5.32 Å². The van der Waals surface area contributed by atoms with Gasteiger partial charge in [0.25, 0.3) is 0 Å². The Morgan fingerprint density at radius 1 is 1.19 bits per heavy atom. The van der Waals surface area contributed by atoms with Crippen molar-refractivity contribution in [2.75, 3.05) is 20.1 Å². The molecule has 5 aliphatic rings. The standard InChI is InChI=1S/C18H30N2O/c1-17-7-13-6-14(8-17)10-18(9-13,12-17)16(21)20-5-3-4-15(11-20)19-2/h13-15,19H,3-12H2,1-2H3. The summed E-state index contributed by atoms with van der Waals surface area (Å²) in [7, 11) is 2.03. The van der Waals surface area contributed by atoms with Crippen molar-refractivity contribution in [3.05, 3.63) is 0 Å². The summed E-state index contributed by atoms with van der Waals surface area (Å²) in [5.41, 5.74) is 0.492. The van der Waals surface area contributed by atoms with Crippen LogP contribution in [-0.2, 0) is 4.79 Å². The number of likely N-dealkylation sites (N-methyl/N-ethyl adjacent to an activating group) is 1. The number of carbonyl (C=O) groups is 1. The highest BCUT2D eigenvalue weighted by Crippen LogP contribution is 2.65. The van der Waals surface area contributed by atoms with Gasteiger partial charge >= 0.3 is 0 Å². The van der Waals surface area contributed by atoms with Gasteiger partial charge in [-0.2, -0.15) is 0 Å². The first kappa shape index (κ1) is 14.0. The maximum atomic E-state index is 13.4. The van der Waals surface area contributed by atoms with E-state index >= 15 is 0 Å². The van der Waals surface area contributed by atoms with E-state index in [0.29, 0.717) is 17.4 Å². The Kier molecular flexibility index (Phi) is 3.15. The number of amides is 1. The minimum Gasteiger partial charge on any atom is -0.341 e. The molecule has 0 aromatic heterocycles. The molecular formula is C18H30N2O. The summed E-state index contributed by atoms with van der Waals surface area (Å²) in [6.07, 6.45) is 10.1. The zero-order valence-corrected chi connectivity index (χ0v) is 13.7. The van der Waals surface area contributed by atoms with Gasteiger partial charge in [0.15, 0.2) is 0 Å². The minimum absolute atomic E-state index is 0.0223. The van der Waals surface area contributed by atoms with Gasteiger partial charge in [-0.25, -0.2) is 0 Å². The van der Waals surface area contributed by atoms with Crippen molar-refractivity contribution < 1.29 is 4.79 Å². The second-order valence-electron chi connectivity index (χ2n) is 8.93. The van der Waals surface area contributed by atoms with E-state index in [-0.39, 0.29) is 5.41 Å². The molecule has 3 nitrogen and oxygen atoms in total. The largest absolute Gasteiger partial charge is 0.341 e. The van der Waals surface area contributed by atoms with Crippen LogP contribution in [0.5, 0.6) is 0 Å². The summed E-state index contributed by atoms with van der Waals surface area (Å²) >= 11 is 0. The molecule has 3 unspecified atom stereocenters. The lowest BCUT2D eigenvalue weighted by atomic mass is 9.44. The molecule has 3 heteroatoms. The van der Waals surface area contributed by atoms with Crippen LogP contribution in [0, 0.1) is 22.7 Å². The van der Waals surface area contributed by atoms with Gasteiger partial charge in [0.2, 0.25) is 5.91 Å². The van der Waals surface area contributed by atoms with Crippen molar-refractivity contribution in [1.29, 1.82) is 0 Å². The number of carbonyl (C=O) groups excluding carboxylic acids is 1. The first-order chi connectivity index (χ1) is 10.0. The third-order valence-corrected chi connectivity index (χ3v) is 6.92. The lowest BCUT2D eigenvalue weighted by molar-refractivity contribution is -0.167. The molecule has 0 aromatic carbocycles. The van der Waals surface area contributed by atoms with E-state index in [1.54, 1.807) is 0 Å². The third-order valence-electron chi connectivity index (χ3n) is 6.92. The summed E-state index contributed by atoms with van der Waals surface area (Å²) in [6, 6.07) is 0.507. The zero-order valence-electron chi connectivity index (χ0n) is 13.7. The molecule has 0 radical (unpaired) electrons. The van der Waals surface area contributed by atoms with Crippen molar-refractivity contribution in [1.82, 2.24) is 10.2 Å². The molecule has 5 rings (SSSR count). The number of hydrogen-bond donors (Lipinski definition) is 1. The second kappa shape index (κ2) is 4.71. The monoisotopic (exact) mass is 290 g/mol. The molecule has 0 aromatic rings. The van der Waals surface area contributed by atoms with Crippen molar-refractivity contribution in [2.24, 2.45) is 22.7 Å². The van der Waals surface area contributed by atoms with Gasteiger partial charge in [-0.05, 0) is 75.7 Å². The smallest absolute Gasteiger partial charge is 0.228 e. The predicted octanol–water partition coefficient (Wildman–Crippen LogP) is 2.80. The summed E-state index contributed by atoms with van der Waals surface area (Å²) in [5.74, 6) is 2.19. The van der Waals surface area contributed by atoms with Gasteiger partial charge in [-0.3, -0.25) is 4.79 Å². The van der Waals surface area contributed by atoms with E-state index in [0.717, 1.165) is 31.3 Å². The molecule has 1 aliphatic heterocycles. The minimum atomic E-state index is 0.0223. The van der Waals surface area contributed by atoms with Crippen LogP contribution in [0.25, 0.3) is 0 Å². The molecule has 4 saturated carbocycles. The van der Waals surface area contributed by atoms with Crippen molar-refractivity contribution in [3.63, 3.8) is 0 Å². The van der Waals surface area contributed by atoms with Crippen LogP contribution in [0.3, 0.4) is 0 Å². The first-order valence-corrected chi connectivity index (χ1v) is 8.99. The Balaban J connectivity index is 1.56. The van der Waals surface area contributed by atoms with Crippen LogP contribution >= 0.6 is 0 Å². The van der Waals surface area contributed by atoms with E-state index in [1.807, 2.05) is 7.05 Å². The van der Waals surface area contributed by atoms with E-state index in [1.165, 1.54) is 44.9 Å². The van der Waals surface area contributed by atoms with Gasteiger partial charge in [-0.1, -0.05) is 6.92 Å². The normalized spacial score (nSPS) is 48.7. The van der Waals surface area contributed by atoms with Gasteiger partial charge in [0.05, 0.1) is 5.41 Å². The molecule has 4 bridgehead atoms. The Bertz CT molecular complexity index is 432. The molecule has 1 amide bonds. The maximum Gasteiger partial charge on any atom is 0.228 e. The van der Waals surface area contributed by atoms with E-state index in [2.05, 4.69) is 17.1 Å². The molecule has 118 valence electrons. The fourth-order valence-corrected chi connectivity index (χ4v) is 6.70. The quantitative estimate of drug-likeness (QED) is 0.848. The molecule has 1 N–H and O–H groups in total. The molecule has 5 fully saturated rings. The highest BCUT2D eigenvalue weighted by Gasteiger charge is 2.59. The Morgan fingerprint density at radius 2 is 1.90 bits per heavy atom. The lowest BCUT2D eigenvalue weighted by Gasteiger charge is -2.61. The fraction of sp³-hybridized carbons (Fsp3) is 0.944. The molecular weight excluding hydrogens is 260 g/mol. The average Bonchev–Trinajstić information content (AvgIpc) is 2.44. The highest BCUT2D eigenvalue weighted by atomic mass is 16.2. The van der Waals surface area contributed by atoms with Crippen molar-refractivity contribution >= 4 is 5.91 Å². The summed E-state index contributed by atoms with van der Waals surface area (Å²) in [5, 5.41) is 3.38. The fourth-order valence-electron chi connectivity index (χ4n) is 6.70. The number of nitrogens with one attached hydrogen (secondary N) is 1. The van der Waals surface area contributed by atoms with Gasteiger partial charge in [-0.15, -0.1) is 0 Å². The number of rotatable bonds is 2. The van der Waals surface area contributed by atoms with Crippen LogP contribution in [0.1, 0.15) is 58.3 Å². The summed E-state index contributed by atoms with van der Waals surface area (Å²) < 4.78 is 0. The number of hydrogen-bond acceptors (Lipinski definition) is 2. The molecule has 1 saturated heterocycles. The third kappa shape index (κ3) is 2.23. The topological polar surface area (TPSA) is 32.3 Å². The summed E-state index contributed by atoms with van der Waals surface area (Å²) in [4.78, 5) is 15.6. The second-order valence-corrected chi connectivity index (χ2v) is 8.93. The molecule has 1 heterocycles. The highest BCUT2D eigenvalue weighted by molar-refractivity contribution is 5.83. The van der Waals surface area contributed by atoms with Crippen molar-refractivity contribution in [3.8, 4) is 0 Å². The number of piperidine rings is 1. The Morgan fingerprint density at radius 3 is 2.52 bits per heavy atom. The van der Waals surface area contributed by atoms with Crippen LogP contribution in [0.15, 0.2) is 0 Å². The summed E-state index contributed by atoms with van der Waals surface area (Å²) in [6.45, 7) is 4.38. The lowest BCUT2D eigenvalue weighted by Crippen LogP contribution is -2.59. The molecule has 4 aliphatic carbocycles. The molecule has 0 spiro atoms. The predicted molar refractivity (Wildman–Crippen MR) is 83.9 cm³/mol. The van der Waals surface area contributed by atoms with E-state index in [4.69, 9.17) is 0 Å².